The van der Waals surface area contributed by atoms with Crippen LogP contribution in [0.25, 0.3) is 0 Å². The van der Waals surface area contributed by atoms with Gasteiger partial charge in [-0.15, -0.1) is 0 Å². The number of Topliss-reactive ketones (excluding diaryl/α,β-unsaturated/α-hetero) is 1. The Morgan fingerprint density at radius 2 is 2.07 bits per heavy atom. The van der Waals surface area contributed by atoms with Gasteiger partial charge in [0.1, 0.15) is 0 Å². The summed E-state index contributed by atoms with van der Waals surface area (Å²) in [7, 11) is 0. The standard InChI is InChI=1S/C10H11ClN2O/c11-8-3-1-7(2-4-8)10(14)9-5-12-6-13-9/h1-4,9,12-13H,5-6H2. The lowest BCUT2D eigenvalue weighted by Gasteiger charge is -2.07. The third kappa shape index (κ3) is 1.95. The molecule has 2 rings (SSSR count). The van der Waals surface area contributed by atoms with Crippen LogP contribution < -0.4 is 10.6 Å². The summed E-state index contributed by atoms with van der Waals surface area (Å²) >= 11 is 5.74. The Kier molecular flexibility index (Phi) is 2.82. The van der Waals surface area contributed by atoms with Gasteiger partial charge in [0.05, 0.1) is 6.04 Å². The van der Waals surface area contributed by atoms with Crippen LogP contribution in [0.4, 0.5) is 0 Å². The zero-order valence-electron chi connectivity index (χ0n) is 7.59. The average molecular weight is 211 g/mol. The highest BCUT2D eigenvalue weighted by Gasteiger charge is 2.22. The number of hydrogen-bond acceptors (Lipinski definition) is 3. The normalized spacial score (nSPS) is 21.1. The number of rotatable bonds is 2. The van der Waals surface area contributed by atoms with Crippen molar-refractivity contribution in [2.75, 3.05) is 13.2 Å². The minimum atomic E-state index is -0.101. The fourth-order valence-corrected chi connectivity index (χ4v) is 1.61. The molecule has 1 saturated heterocycles. The van der Waals surface area contributed by atoms with Crippen LogP contribution in [-0.4, -0.2) is 25.0 Å². The molecular weight excluding hydrogens is 200 g/mol. The highest BCUT2D eigenvalue weighted by molar-refractivity contribution is 6.30. The highest BCUT2D eigenvalue weighted by Crippen LogP contribution is 2.11. The first-order valence-electron chi connectivity index (χ1n) is 4.51. The zero-order valence-corrected chi connectivity index (χ0v) is 8.34. The van der Waals surface area contributed by atoms with E-state index in [4.69, 9.17) is 11.6 Å². The van der Waals surface area contributed by atoms with Crippen LogP contribution in [0, 0.1) is 0 Å². The molecule has 1 unspecified atom stereocenters. The summed E-state index contributed by atoms with van der Waals surface area (Å²) in [4.78, 5) is 11.8. The third-order valence-electron chi connectivity index (χ3n) is 2.27. The molecule has 0 aliphatic carbocycles. The van der Waals surface area contributed by atoms with Crippen LogP contribution >= 0.6 is 11.6 Å². The van der Waals surface area contributed by atoms with Crippen LogP contribution in [0.3, 0.4) is 0 Å². The van der Waals surface area contributed by atoms with E-state index in [-0.39, 0.29) is 11.8 Å². The highest BCUT2D eigenvalue weighted by atomic mass is 35.5. The Morgan fingerprint density at radius 1 is 1.36 bits per heavy atom. The zero-order chi connectivity index (χ0) is 9.97. The number of halogens is 1. The minimum absolute atomic E-state index is 0.101. The largest absolute Gasteiger partial charge is 0.302 e. The van der Waals surface area contributed by atoms with Crippen LogP contribution in [0.2, 0.25) is 5.02 Å². The Balaban J connectivity index is 2.14. The molecule has 1 aliphatic heterocycles. The number of benzene rings is 1. The average Bonchev–Trinajstić information content (AvgIpc) is 2.71. The van der Waals surface area contributed by atoms with Crippen LogP contribution in [-0.2, 0) is 0 Å². The first-order valence-corrected chi connectivity index (χ1v) is 4.89. The van der Waals surface area contributed by atoms with E-state index < -0.39 is 0 Å². The predicted molar refractivity (Wildman–Crippen MR) is 55.6 cm³/mol. The Labute approximate surface area is 87.4 Å². The predicted octanol–water partition coefficient (Wildman–Crippen LogP) is 1.04. The van der Waals surface area contributed by atoms with Crippen molar-refractivity contribution >= 4 is 17.4 Å². The molecule has 1 aromatic rings. The molecule has 0 spiro atoms. The van der Waals surface area contributed by atoms with Gasteiger partial charge in [0.15, 0.2) is 5.78 Å². The summed E-state index contributed by atoms with van der Waals surface area (Å²) < 4.78 is 0. The van der Waals surface area contributed by atoms with E-state index in [0.717, 1.165) is 0 Å². The van der Waals surface area contributed by atoms with Gasteiger partial charge < -0.3 is 5.32 Å². The summed E-state index contributed by atoms with van der Waals surface area (Å²) in [6, 6.07) is 6.88. The molecule has 1 fully saturated rings. The Bertz CT molecular complexity index is 330. The molecule has 1 aliphatic rings. The second kappa shape index (κ2) is 4.09. The van der Waals surface area contributed by atoms with E-state index in [1.54, 1.807) is 24.3 Å². The van der Waals surface area contributed by atoms with Gasteiger partial charge in [-0.3, -0.25) is 10.1 Å². The maximum atomic E-state index is 11.8. The lowest BCUT2D eigenvalue weighted by atomic mass is 10.1. The summed E-state index contributed by atoms with van der Waals surface area (Å²) in [5.41, 5.74) is 0.704. The van der Waals surface area contributed by atoms with E-state index in [1.807, 2.05) is 0 Å². The molecule has 0 amide bonds. The van der Waals surface area contributed by atoms with Crippen molar-refractivity contribution in [3.05, 3.63) is 34.9 Å². The fourth-order valence-electron chi connectivity index (χ4n) is 1.48. The number of carbonyl (C=O) groups excluding carboxylic acids is 1. The van der Waals surface area contributed by atoms with Gasteiger partial charge in [-0.2, -0.15) is 0 Å². The molecule has 0 saturated carbocycles. The van der Waals surface area contributed by atoms with Crippen molar-refractivity contribution in [2.24, 2.45) is 0 Å². The summed E-state index contributed by atoms with van der Waals surface area (Å²) in [5, 5.41) is 6.80. The molecule has 4 heteroatoms. The van der Waals surface area contributed by atoms with Crippen molar-refractivity contribution in [3.8, 4) is 0 Å². The van der Waals surface area contributed by atoms with Crippen molar-refractivity contribution in [1.82, 2.24) is 10.6 Å². The summed E-state index contributed by atoms with van der Waals surface area (Å²) in [6.07, 6.45) is 0. The molecule has 74 valence electrons. The molecule has 1 atom stereocenters. The minimum Gasteiger partial charge on any atom is -0.302 e. The summed E-state index contributed by atoms with van der Waals surface area (Å²) in [5.74, 6) is 0.117. The maximum Gasteiger partial charge on any atom is 0.181 e. The number of hydrogen-bond donors (Lipinski definition) is 2. The van der Waals surface area contributed by atoms with Gasteiger partial charge in [-0.1, -0.05) is 11.6 Å². The van der Waals surface area contributed by atoms with E-state index >= 15 is 0 Å². The van der Waals surface area contributed by atoms with E-state index in [0.29, 0.717) is 23.8 Å². The van der Waals surface area contributed by atoms with E-state index in [1.165, 1.54) is 0 Å². The number of carbonyl (C=O) groups is 1. The molecule has 1 aromatic carbocycles. The monoisotopic (exact) mass is 210 g/mol. The lowest BCUT2D eigenvalue weighted by molar-refractivity contribution is 0.0957. The maximum absolute atomic E-state index is 11.8. The molecule has 2 N–H and O–H groups in total. The lowest BCUT2D eigenvalue weighted by Crippen LogP contribution is -2.33. The summed E-state index contributed by atoms with van der Waals surface area (Å²) in [6.45, 7) is 1.39. The van der Waals surface area contributed by atoms with Crippen molar-refractivity contribution < 1.29 is 4.79 Å². The van der Waals surface area contributed by atoms with Gasteiger partial charge in [-0.25, -0.2) is 0 Å². The Morgan fingerprint density at radius 3 is 2.64 bits per heavy atom. The molecular formula is C10H11ClN2O. The van der Waals surface area contributed by atoms with Crippen LogP contribution in [0.15, 0.2) is 24.3 Å². The quantitative estimate of drug-likeness (QED) is 0.717. The number of ketones is 1. The molecule has 3 nitrogen and oxygen atoms in total. The SMILES string of the molecule is O=C(c1ccc(Cl)cc1)C1CNCN1. The second-order valence-corrected chi connectivity index (χ2v) is 3.70. The molecule has 14 heavy (non-hydrogen) atoms. The first kappa shape index (κ1) is 9.65. The van der Waals surface area contributed by atoms with Crippen molar-refractivity contribution in [2.45, 2.75) is 6.04 Å². The fraction of sp³-hybridized carbons (Fsp3) is 0.300. The van der Waals surface area contributed by atoms with Gasteiger partial charge in [0.25, 0.3) is 0 Å². The second-order valence-electron chi connectivity index (χ2n) is 3.26. The van der Waals surface area contributed by atoms with Gasteiger partial charge in [0.2, 0.25) is 0 Å². The Hall–Kier alpha value is -0.900. The van der Waals surface area contributed by atoms with Gasteiger partial charge in [0, 0.05) is 23.8 Å². The van der Waals surface area contributed by atoms with Crippen LogP contribution in [0.1, 0.15) is 10.4 Å². The third-order valence-corrected chi connectivity index (χ3v) is 2.52. The number of nitrogens with one attached hydrogen (secondary N) is 2. The molecule has 0 aromatic heterocycles. The smallest absolute Gasteiger partial charge is 0.181 e. The van der Waals surface area contributed by atoms with Gasteiger partial charge >= 0.3 is 0 Å². The molecule has 0 radical (unpaired) electrons. The van der Waals surface area contributed by atoms with Gasteiger partial charge in [-0.05, 0) is 24.3 Å². The molecule has 1 heterocycles. The van der Waals surface area contributed by atoms with Crippen molar-refractivity contribution in [1.29, 1.82) is 0 Å². The molecule has 0 bridgehead atoms. The van der Waals surface area contributed by atoms with E-state index in [2.05, 4.69) is 10.6 Å². The first-order chi connectivity index (χ1) is 6.77. The van der Waals surface area contributed by atoms with Crippen LogP contribution in [0.5, 0.6) is 0 Å². The van der Waals surface area contributed by atoms with E-state index in [9.17, 15) is 4.79 Å². The van der Waals surface area contributed by atoms with Crippen molar-refractivity contribution in [3.63, 3.8) is 0 Å². The topological polar surface area (TPSA) is 41.1 Å².